The van der Waals surface area contributed by atoms with E-state index in [-0.39, 0.29) is 24.7 Å². The third kappa shape index (κ3) is 4.41. The number of phenols is 2. The van der Waals surface area contributed by atoms with E-state index in [1.807, 2.05) is 0 Å². The van der Waals surface area contributed by atoms with Crippen LogP contribution in [0.2, 0.25) is 0 Å². The van der Waals surface area contributed by atoms with Gasteiger partial charge in [-0.15, -0.1) is 0 Å². The highest BCUT2D eigenvalue weighted by molar-refractivity contribution is 5.74. The standard InChI is InChI=1S/C27H24O9/c28-9-1-2-15-3-7-20-22(10-15)33-25(14-30)27(35-20)17-5-8-21-23(12-17)34-24(13-29)26(36-21)16-4-6-18(31)19(32)11-16/h1-12,24-27,29-32H,13-14H2/b2-1+/t24-,25-,26-,27-/m0/s1. The summed E-state index contributed by atoms with van der Waals surface area (Å²) in [6, 6.07) is 14.7. The number of aldehydes is 1. The summed E-state index contributed by atoms with van der Waals surface area (Å²) < 4.78 is 24.3. The Kier molecular flexibility index (Phi) is 6.41. The van der Waals surface area contributed by atoms with E-state index in [0.717, 1.165) is 5.56 Å². The van der Waals surface area contributed by atoms with Crippen molar-refractivity contribution in [1.29, 1.82) is 0 Å². The van der Waals surface area contributed by atoms with E-state index in [0.29, 0.717) is 40.4 Å². The number of aliphatic hydroxyl groups is 2. The molecule has 4 N–H and O–H groups in total. The summed E-state index contributed by atoms with van der Waals surface area (Å²) in [4.78, 5) is 10.6. The Morgan fingerprint density at radius 1 is 0.667 bits per heavy atom. The molecule has 36 heavy (non-hydrogen) atoms. The van der Waals surface area contributed by atoms with Crippen LogP contribution in [0.1, 0.15) is 28.9 Å². The Morgan fingerprint density at radius 3 is 1.86 bits per heavy atom. The molecule has 4 atom stereocenters. The number of phenolic OH excluding ortho intramolecular Hbond substituents is 2. The minimum Gasteiger partial charge on any atom is -0.504 e. The second-order valence-corrected chi connectivity index (χ2v) is 8.41. The third-order valence-electron chi connectivity index (χ3n) is 6.06. The number of carbonyl (C=O) groups is 1. The van der Waals surface area contributed by atoms with Gasteiger partial charge in [-0.2, -0.15) is 0 Å². The number of hydrogen-bond donors (Lipinski definition) is 4. The van der Waals surface area contributed by atoms with Crippen molar-refractivity contribution in [3.8, 4) is 34.5 Å². The molecule has 2 heterocycles. The molecule has 3 aromatic rings. The summed E-state index contributed by atoms with van der Waals surface area (Å²) in [6.07, 6.45) is 0.868. The zero-order valence-corrected chi connectivity index (χ0v) is 19.0. The molecule has 2 aliphatic rings. The highest BCUT2D eigenvalue weighted by Gasteiger charge is 2.36. The molecule has 0 unspecified atom stereocenters. The van der Waals surface area contributed by atoms with E-state index < -0.39 is 24.4 Å². The van der Waals surface area contributed by atoms with Crippen molar-refractivity contribution >= 4 is 12.4 Å². The smallest absolute Gasteiger partial charge is 0.163 e. The van der Waals surface area contributed by atoms with Gasteiger partial charge in [-0.1, -0.05) is 24.3 Å². The van der Waals surface area contributed by atoms with Gasteiger partial charge in [0.25, 0.3) is 0 Å². The molecule has 3 aromatic carbocycles. The Balaban J connectivity index is 1.42. The van der Waals surface area contributed by atoms with Gasteiger partial charge in [0, 0.05) is 11.1 Å². The highest BCUT2D eigenvalue weighted by Crippen LogP contribution is 2.45. The van der Waals surface area contributed by atoms with Gasteiger partial charge in [-0.05, 0) is 48.0 Å². The molecular weight excluding hydrogens is 468 g/mol. The number of hydrogen-bond acceptors (Lipinski definition) is 9. The molecule has 0 saturated carbocycles. The lowest BCUT2D eigenvalue weighted by Gasteiger charge is -2.36. The number of rotatable bonds is 6. The zero-order valence-electron chi connectivity index (χ0n) is 19.0. The van der Waals surface area contributed by atoms with Crippen molar-refractivity contribution in [3.63, 3.8) is 0 Å². The summed E-state index contributed by atoms with van der Waals surface area (Å²) >= 11 is 0. The SMILES string of the molecule is O=C/C=C/c1ccc2c(c1)O[C@@H](CO)[C@H](c1ccc3c(c1)O[C@@H](CO)[C@H](c1ccc(O)c(O)c1)O3)O2. The molecule has 0 radical (unpaired) electrons. The summed E-state index contributed by atoms with van der Waals surface area (Å²) in [5.74, 6) is 1.19. The normalized spacial score (nSPS) is 22.4. The Bertz CT molecular complexity index is 1300. The topological polar surface area (TPSA) is 135 Å². The molecule has 0 saturated heterocycles. The Morgan fingerprint density at radius 2 is 1.25 bits per heavy atom. The van der Waals surface area contributed by atoms with E-state index in [9.17, 15) is 25.2 Å². The molecule has 186 valence electrons. The second kappa shape index (κ2) is 9.80. The minimum atomic E-state index is -0.771. The quantitative estimate of drug-likeness (QED) is 0.233. The van der Waals surface area contributed by atoms with Crippen LogP contribution in [-0.4, -0.2) is 52.1 Å². The fourth-order valence-corrected chi connectivity index (χ4v) is 4.28. The molecule has 0 aliphatic carbocycles. The first-order valence-electron chi connectivity index (χ1n) is 11.3. The lowest BCUT2D eigenvalue weighted by Crippen LogP contribution is -2.37. The monoisotopic (exact) mass is 492 g/mol. The van der Waals surface area contributed by atoms with E-state index >= 15 is 0 Å². The first-order chi connectivity index (χ1) is 17.5. The first-order valence-corrected chi connectivity index (χ1v) is 11.3. The Hall–Kier alpha value is -4.21. The number of benzene rings is 3. The van der Waals surface area contributed by atoms with Crippen LogP contribution >= 0.6 is 0 Å². The molecule has 2 aliphatic heterocycles. The van der Waals surface area contributed by atoms with Crippen LogP contribution in [0.4, 0.5) is 0 Å². The number of allylic oxidation sites excluding steroid dienone is 1. The van der Waals surface area contributed by atoms with Gasteiger partial charge < -0.3 is 39.4 Å². The van der Waals surface area contributed by atoms with Gasteiger partial charge in [0.2, 0.25) is 0 Å². The number of aliphatic hydroxyl groups excluding tert-OH is 2. The van der Waals surface area contributed by atoms with Crippen molar-refractivity contribution in [2.24, 2.45) is 0 Å². The van der Waals surface area contributed by atoms with Crippen LogP contribution in [0.25, 0.3) is 6.08 Å². The molecule has 9 heteroatoms. The van der Waals surface area contributed by atoms with Crippen molar-refractivity contribution < 1.29 is 44.2 Å². The van der Waals surface area contributed by atoms with Crippen LogP contribution in [0.3, 0.4) is 0 Å². The maximum atomic E-state index is 10.6. The fourth-order valence-electron chi connectivity index (χ4n) is 4.28. The largest absolute Gasteiger partial charge is 0.504 e. The van der Waals surface area contributed by atoms with Crippen molar-refractivity contribution in [2.45, 2.75) is 24.4 Å². The van der Waals surface area contributed by atoms with Gasteiger partial charge in [-0.25, -0.2) is 0 Å². The predicted octanol–water partition coefficient (Wildman–Crippen LogP) is 3.06. The van der Waals surface area contributed by atoms with Gasteiger partial charge >= 0.3 is 0 Å². The van der Waals surface area contributed by atoms with Crippen molar-refractivity contribution in [3.05, 3.63) is 77.4 Å². The lowest BCUT2D eigenvalue weighted by atomic mass is 10.00. The predicted molar refractivity (Wildman–Crippen MR) is 127 cm³/mol. The highest BCUT2D eigenvalue weighted by atomic mass is 16.6. The van der Waals surface area contributed by atoms with Crippen LogP contribution in [0.5, 0.6) is 34.5 Å². The summed E-state index contributed by atoms with van der Waals surface area (Å²) in [7, 11) is 0. The maximum absolute atomic E-state index is 10.6. The van der Waals surface area contributed by atoms with Crippen LogP contribution in [0.15, 0.2) is 60.7 Å². The number of ether oxygens (including phenoxy) is 4. The molecule has 9 nitrogen and oxygen atoms in total. The molecule has 0 spiro atoms. The van der Waals surface area contributed by atoms with Gasteiger partial charge in [0.05, 0.1) is 13.2 Å². The van der Waals surface area contributed by atoms with Gasteiger partial charge in [0.1, 0.15) is 6.29 Å². The number of fused-ring (bicyclic) bond motifs is 2. The van der Waals surface area contributed by atoms with Gasteiger partial charge in [-0.3, -0.25) is 4.79 Å². The van der Waals surface area contributed by atoms with Crippen LogP contribution in [0, 0.1) is 0 Å². The van der Waals surface area contributed by atoms with Crippen molar-refractivity contribution in [1.82, 2.24) is 0 Å². The average molecular weight is 492 g/mol. The maximum Gasteiger partial charge on any atom is 0.163 e. The second-order valence-electron chi connectivity index (χ2n) is 8.41. The molecule has 0 bridgehead atoms. The van der Waals surface area contributed by atoms with Crippen LogP contribution in [-0.2, 0) is 4.79 Å². The van der Waals surface area contributed by atoms with Crippen LogP contribution < -0.4 is 18.9 Å². The van der Waals surface area contributed by atoms with E-state index in [4.69, 9.17) is 18.9 Å². The summed E-state index contributed by atoms with van der Waals surface area (Å²) in [5, 5.41) is 39.4. The molecule has 5 rings (SSSR count). The molecule has 0 aromatic heterocycles. The third-order valence-corrected chi connectivity index (χ3v) is 6.06. The number of carbonyl (C=O) groups excluding carboxylic acids is 1. The number of aromatic hydroxyl groups is 2. The molecular formula is C27H24O9. The summed E-state index contributed by atoms with van der Waals surface area (Å²) in [5.41, 5.74) is 1.96. The molecule has 0 fully saturated rings. The zero-order chi connectivity index (χ0) is 25.2. The van der Waals surface area contributed by atoms with E-state index in [1.54, 1.807) is 48.5 Å². The summed E-state index contributed by atoms with van der Waals surface area (Å²) in [6.45, 7) is -0.662. The Labute approximate surface area is 206 Å². The molecule has 0 amide bonds. The van der Waals surface area contributed by atoms with E-state index in [1.165, 1.54) is 18.2 Å². The fraction of sp³-hybridized carbons (Fsp3) is 0.222. The first kappa shape index (κ1) is 23.5. The van der Waals surface area contributed by atoms with E-state index in [2.05, 4.69) is 0 Å². The lowest BCUT2D eigenvalue weighted by molar-refractivity contribution is -0.104. The average Bonchev–Trinajstić information content (AvgIpc) is 2.91. The van der Waals surface area contributed by atoms with Crippen molar-refractivity contribution in [2.75, 3.05) is 13.2 Å². The van der Waals surface area contributed by atoms with Gasteiger partial charge in [0.15, 0.2) is 58.9 Å². The minimum absolute atomic E-state index is 0.260.